The topological polar surface area (TPSA) is 71.6 Å². The highest BCUT2D eigenvalue weighted by molar-refractivity contribution is 5.82. The summed E-state index contributed by atoms with van der Waals surface area (Å²) < 4.78 is 0. The van der Waals surface area contributed by atoms with Crippen molar-refractivity contribution >= 4 is 46.0 Å². The molecule has 0 aliphatic rings. The number of nitrogens with zero attached hydrogens (tertiary/aromatic N) is 2. The van der Waals surface area contributed by atoms with Gasteiger partial charge in [0.1, 0.15) is 0 Å². The van der Waals surface area contributed by atoms with E-state index in [2.05, 4.69) is 122 Å². The number of benzene rings is 6. The molecule has 0 fully saturated rings. The first-order chi connectivity index (χ1) is 23.5. The summed E-state index contributed by atoms with van der Waals surface area (Å²) in [6, 6.07) is 56.5. The van der Waals surface area contributed by atoms with Gasteiger partial charge in [0.25, 0.3) is 0 Å². The Morgan fingerprint density at radius 1 is 0.417 bits per heavy atom. The van der Waals surface area contributed by atoms with E-state index in [0.29, 0.717) is 11.1 Å². The SMILES string of the molecule is C/C(=C\c1ccccc1)c1ccc(Nc2ccc(C#N)cc2)cc1.C/C(=C\c1ccccc1)c1ccc(Nc2ccc(C#N)cc2)cc1. The van der Waals surface area contributed by atoms with Gasteiger partial charge in [0.15, 0.2) is 0 Å². The average molecular weight is 621 g/mol. The zero-order valence-corrected chi connectivity index (χ0v) is 27.1. The number of rotatable bonds is 8. The van der Waals surface area contributed by atoms with Gasteiger partial charge in [0.2, 0.25) is 0 Å². The van der Waals surface area contributed by atoms with Crippen LogP contribution in [-0.4, -0.2) is 0 Å². The highest BCUT2D eigenvalue weighted by Crippen LogP contribution is 2.24. The van der Waals surface area contributed by atoms with Crippen LogP contribution in [0.1, 0.15) is 47.2 Å². The lowest BCUT2D eigenvalue weighted by atomic mass is 10.0. The second-order valence-electron chi connectivity index (χ2n) is 11.3. The standard InChI is InChI=1S/2C22H18N2/c2*1-17(15-18-5-3-2-4-6-18)20-9-13-22(14-10-20)24-21-11-7-19(16-23)8-12-21/h2*2-15,24H,1H3/b2*17-15+. The number of anilines is 4. The molecule has 0 radical (unpaired) electrons. The van der Waals surface area contributed by atoms with Gasteiger partial charge in [-0.15, -0.1) is 0 Å². The van der Waals surface area contributed by atoms with E-state index in [4.69, 9.17) is 10.5 Å². The Bertz CT molecular complexity index is 1890. The lowest BCUT2D eigenvalue weighted by molar-refractivity contribution is 1.47. The van der Waals surface area contributed by atoms with Gasteiger partial charge < -0.3 is 10.6 Å². The predicted molar refractivity (Wildman–Crippen MR) is 202 cm³/mol. The summed E-state index contributed by atoms with van der Waals surface area (Å²) in [5.41, 5.74) is 12.6. The van der Waals surface area contributed by atoms with E-state index in [1.165, 1.54) is 33.4 Å². The highest BCUT2D eigenvalue weighted by Gasteiger charge is 2.01. The predicted octanol–water partition coefficient (Wildman–Crippen LogP) is 11.7. The molecular weight excluding hydrogens is 585 g/mol. The number of hydrogen-bond donors (Lipinski definition) is 2. The summed E-state index contributed by atoms with van der Waals surface area (Å²) in [7, 11) is 0. The van der Waals surface area contributed by atoms with Crippen LogP contribution in [0.5, 0.6) is 0 Å². The Kier molecular flexibility index (Phi) is 11.3. The summed E-state index contributed by atoms with van der Waals surface area (Å²) >= 11 is 0. The van der Waals surface area contributed by atoms with Crippen molar-refractivity contribution in [2.24, 2.45) is 0 Å². The van der Waals surface area contributed by atoms with E-state index < -0.39 is 0 Å². The van der Waals surface area contributed by atoms with Gasteiger partial charge in [-0.05, 0) is 120 Å². The lowest BCUT2D eigenvalue weighted by Gasteiger charge is -2.08. The van der Waals surface area contributed by atoms with E-state index in [-0.39, 0.29) is 0 Å². The van der Waals surface area contributed by atoms with Crippen molar-refractivity contribution in [1.82, 2.24) is 0 Å². The molecule has 0 saturated carbocycles. The molecule has 0 aromatic heterocycles. The zero-order chi connectivity index (χ0) is 33.6. The van der Waals surface area contributed by atoms with Crippen LogP contribution in [0, 0.1) is 22.7 Å². The minimum atomic E-state index is 0.664. The van der Waals surface area contributed by atoms with E-state index in [0.717, 1.165) is 22.7 Å². The number of allylic oxidation sites excluding steroid dienone is 2. The zero-order valence-electron chi connectivity index (χ0n) is 27.1. The van der Waals surface area contributed by atoms with Crippen molar-refractivity contribution in [3.63, 3.8) is 0 Å². The van der Waals surface area contributed by atoms with E-state index >= 15 is 0 Å². The molecule has 6 rings (SSSR count). The van der Waals surface area contributed by atoms with Crippen molar-refractivity contribution in [2.75, 3.05) is 10.6 Å². The molecule has 0 bridgehead atoms. The van der Waals surface area contributed by atoms with Crippen LogP contribution in [-0.2, 0) is 0 Å². The molecule has 0 saturated heterocycles. The van der Waals surface area contributed by atoms with Crippen LogP contribution >= 0.6 is 0 Å². The maximum atomic E-state index is 8.83. The Labute approximate surface area is 283 Å². The molecular formula is C44H36N4. The van der Waals surface area contributed by atoms with Gasteiger partial charge in [-0.1, -0.05) is 97.1 Å². The van der Waals surface area contributed by atoms with Crippen LogP contribution in [0.15, 0.2) is 158 Å². The first-order valence-corrected chi connectivity index (χ1v) is 15.7. The minimum Gasteiger partial charge on any atom is -0.356 e. The largest absolute Gasteiger partial charge is 0.356 e. The Hall–Kier alpha value is -6.62. The third kappa shape index (κ3) is 9.69. The summed E-state index contributed by atoms with van der Waals surface area (Å²) in [5.74, 6) is 0. The average Bonchev–Trinajstić information content (AvgIpc) is 3.14. The lowest BCUT2D eigenvalue weighted by Crippen LogP contribution is -1.90. The number of hydrogen-bond acceptors (Lipinski definition) is 4. The molecule has 0 amide bonds. The molecule has 4 nitrogen and oxygen atoms in total. The smallest absolute Gasteiger partial charge is 0.0991 e. The third-order valence-electron chi connectivity index (χ3n) is 7.65. The van der Waals surface area contributed by atoms with E-state index in [1.54, 1.807) is 0 Å². The molecule has 2 N–H and O–H groups in total. The van der Waals surface area contributed by atoms with Crippen molar-refractivity contribution in [3.05, 3.63) is 191 Å². The third-order valence-corrected chi connectivity index (χ3v) is 7.65. The van der Waals surface area contributed by atoms with Gasteiger partial charge >= 0.3 is 0 Å². The molecule has 48 heavy (non-hydrogen) atoms. The summed E-state index contributed by atoms with van der Waals surface area (Å²) in [6.45, 7) is 4.24. The quantitative estimate of drug-likeness (QED) is 0.166. The summed E-state index contributed by atoms with van der Waals surface area (Å²) in [5, 5.41) is 24.3. The Morgan fingerprint density at radius 2 is 0.708 bits per heavy atom. The summed E-state index contributed by atoms with van der Waals surface area (Å²) in [6.07, 6.45) is 4.37. The number of nitrogens with one attached hydrogen (secondary N) is 2. The second-order valence-corrected chi connectivity index (χ2v) is 11.3. The van der Waals surface area contributed by atoms with Crippen molar-refractivity contribution in [2.45, 2.75) is 13.8 Å². The van der Waals surface area contributed by atoms with E-state index in [9.17, 15) is 0 Å². The molecule has 0 atom stereocenters. The first kappa shape index (κ1) is 32.8. The van der Waals surface area contributed by atoms with Crippen LogP contribution in [0.3, 0.4) is 0 Å². The molecule has 6 aromatic carbocycles. The summed E-state index contributed by atoms with van der Waals surface area (Å²) in [4.78, 5) is 0. The van der Waals surface area contributed by atoms with Crippen LogP contribution in [0.2, 0.25) is 0 Å². The fourth-order valence-corrected chi connectivity index (χ4v) is 4.99. The van der Waals surface area contributed by atoms with Crippen LogP contribution < -0.4 is 10.6 Å². The molecule has 4 heteroatoms. The fourth-order valence-electron chi connectivity index (χ4n) is 4.99. The van der Waals surface area contributed by atoms with Gasteiger partial charge in [-0.3, -0.25) is 0 Å². The fraction of sp³-hybridized carbons (Fsp3) is 0.0455. The second kappa shape index (κ2) is 16.6. The molecule has 0 aliphatic carbocycles. The normalized spacial score (nSPS) is 10.9. The van der Waals surface area contributed by atoms with Gasteiger partial charge in [0.05, 0.1) is 23.3 Å². The van der Waals surface area contributed by atoms with Crippen molar-refractivity contribution < 1.29 is 0 Å². The molecule has 0 spiro atoms. The first-order valence-electron chi connectivity index (χ1n) is 15.7. The molecule has 232 valence electrons. The highest BCUT2D eigenvalue weighted by atomic mass is 14.9. The van der Waals surface area contributed by atoms with Gasteiger partial charge in [-0.25, -0.2) is 0 Å². The maximum absolute atomic E-state index is 8.83. The van der Waals surface area contributed by atoms with Crippen molar-refractivity contribution in [1.29, 1.82) is 10.5 Å². The monoisotopic (exact) mass is 620 g/mol. The van der Waals surface area contributed by atoms with Gasteiger partial charge in [-0.2, -0.15) is 10.5 Å². The van der Waals surface area contributed by atoms with Crippen molar-refractivity contribution in [3.8, 4) is 12.1 Å². The van der Waals surface area contributed by atoms with Gasteiger partial charge in [0, 0.05) is 22.7 Å². The number of nitriles is 2. The molecule has 0 heterocycles. The molecule has 6 aromatic rings. The van der Waals surface area contributed by atoms with Crippen LogP contribution in [0.25, 0.3) is 23.3 Å². The Balaban J connectivity index is 0.000000188. The molecule has 0 unspecified atom stereocenters. The maximum Gasteiger partial charge on any atom is 0.0991 e. The van der Waals surface area contributed by atoms with E-state index in [1.807, 2.05) is 84.9 Å². The Morgan fingerprint density at radius 3 is 1.00 bits per heavy atom. The minimum absolute atomic E-state index is 0.664. The molecule has 0 aliphatic heterocycles. The van der Waals surface area contributed by atoms with Crippen LogP contribution in [0.4, 0.5) is 22.7 Å².